The summed E-state index contributed by atoms with van der Waals surface area (Å²) in [5, 5.41) is 10.5. The van der Waals surface area contributed by atoms with Gasteiger partial charge in [0.25, 0.3) is 0 Å². The summed E-state index contributed by atoms with van der Waals surface area (Å²) in [5.41, 5.74) is 4.35. The van der Waals surface area contributed by atoms with Crippen molar-refractivity contribution in [3.05, 3.63) is 69.2 Å². The van der Waals surface area contributed by atoms with Crippen molar-refractivity contribution in [1.29, 1.82) is 0 Å². The standard InChI is InChI=1S/C18H21BrO/c1-4-13(3)14-6-8-15(9-7-14)18(20)16-10-5-12(2)11-17(16)19/h5-11,13,18,20H,4H2,1-3H3. The fraction of sp³-hybridized carbons (Fsp3) is 0.333. The summed E-state index contributed by atoms with van der Waals surface area (Å²) in [6.07, 6.45) is 0.543. The van der Waals surface area contributed by atoms with Crippen molar-refractivity contribution in [1.82, 2.24) is 0 Å². The van der Waals surface area contributed by atoms with Crippen LogP contribution >= 0.6 is 15.9 Å². The maximum atomic E-state index is 10.5. The van der Waals surface area contributed by atoms with Crippen molar-refractivity contribution in [2.45, 2.75) is 39.2 Å². The Kier molecular flexibility index (Phi) is 5.00. The van der Waals surface area contributed by atoms with Crippen LogP contribution in [0, 0.1) is 6.92 Å². The Morgan fingerprint density at radius 3 is 2.20 bits per heavy atom. The van der Waals surface area contributed by atoms with Crippen molar-refractivity contribution >= 4 is 15.9 Å². The highest BCUT2D eigenvalue weighted by molar-refractivity contribution is 9.10. The Balaban J connectivity index is 2.26. The molecule has 0 aliphatic heterocycles. The van der Waals surface area contributed by atoms with Crippen LogP contribution in [-0.2, 0) is 0 Å². The average Bonchev–Trinajstić information content (AvgIpc) is 2.46. The lowest BCUT2D eigenvalue weighted by atomic mass is 9.94. The third kappa shape index (κ3) is 3.31. The Bertz CT molecular complexity index is 574. The summed E-state index contributed by atoms with van der Waals surface area (Å²) < 4.78 is 0.955. The summed E-state index contributed by atoms with van der Waals surface area (Å²) in [5.74, 6) is 0.562. The van der Waals surface area contributed by atoms with Crippen LogP contribution < -0.4 is 0 Å². The fourth-order valence-electron chi connectivity index (χ4n) is 2.28. The molecule has 0 aliphatic carbocycles. The molecular formula is C18H21BrO. The van der Waals surface area contributed by atoms with E-state index in [2.05, 4.69) is 41.9 Å². The van der Waals surface area contributed by atoms with Crippen LogP contribution in [0.15, 0.2) is 46.9 Å². The molecule has 0 spiro atoms. The minimum atomic E-state index is -0.587. The lowest BCUT2D eigenvalue weighted by Gasteiger charge is -2.15. The van der Waals surface area contributed by atoms with Crippen LogP contribution in [0.3, 0.4) is 0 Å². The molecule has 0 bridgehead atoms. The summed E-state index contributed by atoms with van der Waals surface area (Å²) in [4.78, 5) is 0. The molecule has 106 valence electrons. The Labute approximate surface area is 129 Å². The molecule has 1 N–H and O–H groups in total. The number of aliphatic hydroxyl groups excluding tert-OH is 1. The quantitative estimate of drug-likeness (QED) is 0.799. The number of halogens is 1. The predicted molar refractivity (Wildman–Crippen MR) is 88.1 cm³/mol. The zero-order chi connectivity index (χ0) is 14.7. The van der Waals surface area contributed by atoms with Crippen molar-refractivity contribution in [2.24, 2.45) is 0 Å². The van der Waals surface area contributed by atoms with Crippen LogP contribution in [0.25, 0.3) is 0 Å². The van der Waals surface area contributed by atoms with Gasteiger partial charge in [-0.05, 0) is 47.6 Å². The highest BCUT2D eigenvalue weighted by Crippen LogP contribution is 2.30. The van der Waals surface area contributed by atoms with Gasteiger partial charge in [0, 0.05) is 4.47 Å². The molecule has 20 heavy (non-hydrogen) atoms. The largest absolute Gasteiger partial charge is 0.384 e. The smallest absolute Gasteiger partial charge is 0.105 e. The number of rotatable bonds is 4. The van der Waals surface area contributed by atoms with E-state index in [4.69, 9.17) is 0 Å². The van der Waals surface area contributed by atoms with E-state index in [9.17, 15) is 5.11 Å². The second-order valence-electron chi connectivity index (χ2n) is 5.40. The zero-order valence-corrected chi connectivity index (χ0v) is 13.8. The average molecular weight is 333 g/mol. The van der Waals surface area contributed by atoms with Crippen molar-refractivity contribution in [2.75, 3.05) is 0 Å². The molecule has 2 unspecified atom stereocenters. The van der Waals surface area contributed by atoms with E-state index < -0.39 is 6.10 Å². The highest BCUT2D eigenvalue weighted by atomic mass is 79.9. The van der Waals surface area contributed by atoms with E-state index >= 15 is 0 Å². The number of benzene rings is 2. The summed E-state index contributed by atoms with van der Waals surface area (Å²) in [7, 11) is 0. The Morgan fingerprint density at radius 1 is 1.05 bits per heavy atom. The third-order valence-electron chi connectivity index (χ3n) is 3.88. The van der Waals surface area contributed by atoms with Crippen molar-refractivity contribution in [3.8, 4) is 0 Å². The summed E-state index contributed by atoms with van der Waals surface area (Å²) in [6, 6.07) is 14.3. The van der Waals surface area contributed by atoms with Gasteiger partial charge in [-0.2, -0.15) is 0 Å². The minimum Gasteiger partial charge on any atom is -0.384 e. The fourth-order valence-corrected chi connectivity index (χ4v) is 2.99. The van der Waals surface area contributed by atoms with E-state index in [0.29, 0.717) is 5.92 Å². The van der Waals surface area contributed by atoms with Crippen LogP contribution in [0.1, 0.15) is 54.5 Å². The van der Waals surface area contributed by atoms with E-state index in [1.165, 1.54) is 11.1 Å². The number of aryl methyl sites for hydroxylation is 1. The van der Waals surface area contributed by atoms with Crippen molar-refractivity contribution in [3.63, 3.8) is 0 Å². The van der Waals surface area contributed by atoms with E-state index in [-0.39, 0.29) is 0 Å². The monoisotopic (exact) mass is 332 g/mol. The van der Waals surface area contributed by atoms with Gasteiger partial charge in [0.05, 0.1) is 0 Å². The second kappa shape index (κ2) is 6.55. The molecule has 0 aliphatic rings. The van der Waals surface area contributed by atoms with Gasteiger partial charge in [-0.3, -0.25) is 0 Å². The first kappa shape index (κ1) is 15.3. The van der Waals surface area contributed by atoms with Gasteiger partial charge < -0.3 is 5.11 Å². The molecule has 2 rings (SSSR count). The van der Waals surface area contributed by atoms with Crippen molar-refractivity contribution < 1.29 is 5.11 Å². The van der Waals surface area contributed by atoms with E-state index in [1.54, 1.807) is 0 Å². The van der Waals surface area contributed by atoms with Crippen LogP contribution in [0.4, 0.5) is 0 Å². The van der Waals surface area contributed by atoms with E-state index in [0.717, 1.165) is 22.0 Å². The SMILES string of the molecule is CCC(C)c1ccc(C(O)c2ccc(C)cc2Br)cc1. The molecule has 0 aromatic heterocycles. The Hall–Kier alpha value is -1.12. The zero-order valence-electron chi connectivity index (χ0n) is 12.2. The maximum absolute atomic E-state index is 10.5. The molecule has 0 amide bonds. The van der Waals surface area contributed by atoms with Gasteiger partial charge in [0.2, 0.25) is 0 Å². The minimum absolute atomic E-state index is 0.562. The maximum Gasteiger partial charge on any atom is 0.105 e. The van der Waals surface area contributed by atoms with Gasteiger partial charge >= 0.3 is 0 Å². The van der Waals surface area contributed by atoms with Gasteiger partial charge in [-0.1, -0.05) is 66.2 Å². The molecule has 2 aromatic rings. The molecular weight excluding hydrogens is 312 g/mol. The van der Waals surface area contributed by atoms with Gasteiger partial charge in [-0.15, -0.1) is 0 Å². The lowest BCUT2D eigenvalue weighted by Crippen LogP contribution is -2.01. The first-order valence-corrected chi connectivity index (χ1v) is 7.86. The second-order valence-corrected chi connectivity index (χ2v) is 6.26. The normalized spacial score (nSPS) is 14.1. The van der Waals surface area contributed by atoms with Gasteiger partial charge in [0.1, 0.15) is 6.10 Å². The van der Waals surface area contributed by atoms with Crippen LogP contribution in [0.5, 0.6) is 0 Å². The number of aliphatic hydroxyl groups is 1. The number of hydrogen-bond donors (Lipinski definition) is 1. The lowest BCUT2D eigenvalue weighted by molar-refractivity contribution is 0.219. The Morgan fingerprint density at radius 2 is 1.65 bits per heavy atom. The first-order chi connectivity index (χ1) is 9.52. The molecule has 0 saturated carbocycles. The molecule has 2 atom stereocenters. The molecule has 2 aromatic carbocycles. The van der Waals surface area contributed by atoms with Gasteiger partial charge in [-0.25, -0.2) is 0 Å². The number of hydrogen-bond acceptors (Lipinski definition) is 1. The topological polar surface area (TPSA) is 20.2 Å². The molecule has 0 fully saturated rings. The van der Waals surface area contributed by atoms with Gasteiger partial charge in [0.15, 0.2) is 0 Å². The van der Waals surface area contributed by atoms with E-state index in [1.807, 2.05) is 37.3 Å². The summed E-state index contributed by atoms with van der Waals surface area (Å²) >= 11 is 3.53. The molecule has 0 radical (unpaired) electrons. The molecule has 1 nitrogen and oxygen atoms in total. The predicted octanol–water partition coefficient (Wildman–Crippen LogP) is 5.35. The molecule has 0 saturated heterocycles. The molecule has 2 heteroatoms. The first-order valence-electron chi connectivity index (χ1n) is 7.07. The summed E-state index contributed by atoms with van der Waals surface area (Å²) in [6.45, 7) is 6.46. The molecule has 0 heterocycles. The highest BCUT2D eigenvalue weighted by Gasteiger charge is 2.14. The third-order valence-corrected chi connectivity index (χ3v) is 4.57. The van der Waals surface area contributed by atoms with Crippen LogP contribution in [-0.4, -0.2) is 5.11 Å². The van der Waals surface area contributed by atoms with Crippen LogP contribution in [0.2, 0.25) is 0 Å².